The van der Waals surface area contributed by atoms with Crippen LogP contribution in [-0.4, -0.2) is 48.4 Å². The number of carbonyl (C=O) groups excluding carboxylic acids is 1. The van der Waals surface area contributed by atoms with E-state index >= 15 is 0 Å². The summed E-state index contributed by atoms with van der Waals surface area (Å²) in [5.74, 6) is 5.71. The molecule has 156 valence electrons. The van der Waals surface area contributed by atoms with Gasteiger partial charge in [0.25, 0.3) is 0 Å². The molecule has 3 atom stereocenters. The molecule has 0 spiro atoms. The number of aliphatic hydroxyl groups is 1. The van der Waals surface area contributed by atoms with Crippen LogP contribution in [0.5, 0.6) is 0 Å². The zero-order chi connectivity index (χ0) is 21.4. The van der Waals surface area contributed by atoms with Gasteiger partial charge in [-0.3, -0.25) is 4.79 Å². The van der Waals surface area contributed by atoms with Crippen molar-refractivity contribution in [3.63, 3.8) is 0 Å². The first-order valence-electron chi connectivity index (χ1n) is 9.83. The normalized spacial score (nSPS) is 29.2. The van der Waals surface area contributed by atoms with E-state index in [1.165, 1.54) is 19.4 Å². The monoisotopic (exact) mass is 417 g/mol. The average Bonchev–Trinajstić information content (AvgIpc) is 2.98. The molecule has 0 aliphatic heterocycles. The number of hydrogen-bond acceptors (Lipinski definition) is 6. The van der Waals surface area contributed by atoms with Gasteiger partial charge < -0.3 is 9.84 Å². The van der Waals surface area contributed by atoms with Gasteiger partial charge in [0, 0.05) is 18.7 Å². The lowest BCUT2D eigenvalue weighted by atomic mass is 9.64. The van der Waals surface area contributed by atoms with Crippen molar-refractivity contribution >= 4 is 15.6 Å². The summed E-state index contributed by atoms with van der Waals surface area (Å²) in [4.78, 5) is 16.5. The van der Waals surface area contributed by atoms with Crippen LogP contribution in [0.4, 0.5) is 0 Å². The lowest BCUT2D eigenvalue weighted by molar-refractivity contribution is -0.129. The molecule has 1 heterocycles. The van der Waals surface area contributed by atoms with Crippen LogP contribution in [0.1, 0.15) is 52.1 Å². The Balaban J connectivity index is 2.08. The maximum Gasteiger partial charge on any atom is 0.184 e. The second-order valence-electron chi connectivity index (χ2n) is 7.99. The molecule has 1 unspecified atom stereocenters. The van der Waals surface area contributed by atoms with Crippen molar-refractivity contribution < 1.29 is 23.1 Å². The SMILES string of the molecule is CC[C@]12CC(OC)C(=O)C=C1CC[C@@]2(O)C#Cc1ncccc1S(=O)(=O)C(C)C. The van der Waals surface area contributed by atoms with Gasteiger partial charge in [-0.25, -0.2) is 13.4 Å². The minimum Gasteiger partial charge on any atom is -0.377 e. The largest absolute Gasteiger partial charge is 0.377 e. The Morgan fingerprint density at radius 1 is 1.41 bits per heavy atom. The predicted molar refractivity (Wildman–Crippen MR) is 109 cm³/mol. The van der Waals surface area contributed by atoms with E-state index in [1.54, 1.807) is 26.0 Å². The van der Waals surface area contributed by atoms with Crippen molar-refractivity contribution in [2.24, 2.45) is 5.41 Å². The number of aromatic nitrogens is 1. The van der Waals surface area contributed by atoms with Crippen LogP contribution >= 0.6 is 0 Å². The van der Waals surface area contributed by atoms with Crippen LogP contribution in [0.25, 0.3) is 0 Å². The Labute approximate surface area is 172 Å². The van der Waals surface area contributed by atoms with E-state index in [-0.39, 0.29) is 16.4 Å². The topological polar surface area (TPSA) is 93.6 Å². The van der Waals surface area contributed by atoms with Gasteiger partial charge in [0.05, 0.1) is 5.25 Å². The van der Waals surface area contributed by atoms with E-state index in [0.717, 1.165) is 5.57 Å². The zero-order valence-electron chi connectivity index (χ0n) is 17.2. The van der Waals surface area contributed by atoms with Crippen LogP contribution in [0.15, 0.2) is 34.9 Å². The Morgan fingerprint density at radius 3 is 2.76 bits per heavy atom. The summed E-state index contributed by atoms with van der Waals surface area (Å²) in [6.07, 6.45) is 4.37. The summed E-state index contributed by atoms with van der Waals surface area (Å²) in [5.41, 5.74) is -1.05. The number of carbonyl (C=O) groups is 1. The zero-order valence-corrected chi connectivity index (χ0v) is 18.0. The van der Waals surface area contributed by atoms with Crippen molar-refractivity contribution in [2.45, 2.75) is 68.3 Å². The molecule has 0 saturated heterocycles. The summed E-state index contributed by atoms with van der Waals surface area (Å²) in [5, 5.41) is 10.9. The average molecular weight is 418 g/mol. The van der Waals surface area contributed by atoms with Gasteiger partial charge in [0.2, 0.25) is 0 Å². The first kappa shape index (κ1) is 21.7. The highest BCUT2D eigenvalue weighted by atomic mass is 32.2. The fraction of sp³-hybridized carbons (Fsp3) is 0.545. The Kier molecular flexibility index (Phi) is 5.74. The molecule has 7 heteroatoms. The van der Waals surface area contributed by atoms with E-state index in [9.17, 15) is 18.3 Å². The van der Waals surface area contributed by atoms with E-state index in [2.05, 4.69) is 16.8 Å². The number of fused-ring (bicyclic) bond motifs is 1. The van der Waals surface area contributed by atoms with E-state index in [0.29, 0.717) is 25.7 Å². The number of ether oxygens (including phenoxy) is 1. The maximum atomic E-state index is 12.7. The minimum atomic E-state index is -3.56. The summed E-state index contributed by atoms with van der Waals surface area (Å²) in [6, 6.07) is 3.06. The molecule has 0 radical (unpaired) electrons. The van der Waals surface area contributed by atoms with Crippen molar-refractivity contribution in [1.82, 2.24) is 4.98 Å². The number of sulfone groups is 1. The molecule has 1 aromatic heterocycles. The van der Waals surface area contributed by atoms with E-state index < -0.39 is 32.2 Å². The summed E-state index contributed by atoms with van der Waals surface area (Å²) < 4.78 is 30.7. The molecular formula is C22H27NO5S. The van der Waals surface area contributed by atoms with Crippen molar-refractivity contribution in [3.05, 3.63) is 35.7 Å². The Bertz CT molecular complexity index is 1020. The van der Waals surface area contributed by atoms with Gasteiger partial charge in [0.15, 0.2) is 15.6 Å². The van der Waals surface area contributed by atoms with Gasteiger partial charge >= 0.3 is 0 Å². The second-order valence-corrected chi connectivity index (χ2v) is 10.5. The summed E-state index contributed by atoms with van der Waals surface area (Å²) in [6.45, 7) is 5.18. The van der Waals surface area contributed by atoms with Crippen molar-refractivity contribution in [1.29, 1.82) is 0 Å². The van der Waals surface area contributed by atoms with Crippen LogP contribution in [-0.2, 0) is 19.4 Å². The van der Waals surface area contributed by atoms with Crippen LogP contribution in [0, 0.1) is 17.3 Å². The van der Waals surface area contributed by atoms with Crippen LogP contribution in [0.2, 0.25) is 0 Å². The molecule has 29 heavy (non-hydrogen) atoms. The molecule has 0 amide bonds. The summed E-state index contributed by atoms with van der Waals surface area (Å²) in [7, 11) is -2.07. The van der Waals surface area contributed by atoms with Gasteiger partial charge in [-0.2, -0.15) is 0 Å². The number of methoxy groups -OCH3 is 1. The molecule has 1 fully saturated rings. The lowest BCUT2D eigenvalue weighted by Gasteiger charge is -2.43. The molecule has 3 rings (SSSR count). The fourth-order valence-electron chi connectivity index (χ4n) is 4.43. The second kappa shape index (κ2) is 7.67. The van der Waals surface area contributed by atoms with Gasteiger partial charge in [0.1, 0.15) is 22.3 Å². The maximum absolute atomic E-state index is 12.7. The lowest BCUT2D eigenvalue weighted by Crippen LogP contribution is -2.49. The molecule has 0 aromatic carbocycles. The molecule has 1 saturated carbocycles. The van der Waals surface area contributed by atoms with Crippen molar-refractivity contribution in [2.75, 3.05) is 7.11 Å². The highest BCUT2D eigenvalue weighted by Gasteiger charge is 2.58. The van der Waals surface area contributed by atoms with Crippen molar-refractivity contribution in [3.8, 4) is 11.8 Å². The molecule has 0 bridgehead atoms. The third kappa shape index (κ3) is 3.43. The highest BCUT2D eigenvalue weighted by molar-refractivity contribution is 7.92. The Morgan fingerprint density at radius 2 is 2.14 bits per heavy atom. The van der Waals surface area contributed by atoms with Gasteiger partial charge in [-0.05, 0) is 63.7 Å². The van der Waals surface area contributed by atoms with E-state index in [4.69, 9.17) is 4.74 Å². The molecular weight excluding hydrogens is 390 g/mol. The smallest absolute Gasteiger partial charge is 0.184 e. The molecule has 2 aliphatic carbocycles. The number of hydrogen-bond donors (Lipinski definition) is 1. The third-order valence-electron chi connectivity index (χ3n) is 6.30. The summed E-state index contributed by atoms with van der Waals surface area (Å²) >= 11 is 0. The number of ketones is 1. The fourth-order valence-corrected chi connectivity index (χ4v) is 5.58. The van der Waals surface area contributed by atoms with Crippen LogP contribution in [0.3, 0.4) is 0 Å². The quantitative estimate of drug-likeness (QED) is 0.757. The number of pyridine rings is 1. The number of nitrogens with zero attached hydrogens (tertiary/aromatic N) is 1. The number of rotatable bonds is 4. The minimum absolute atomic E-state index is 0.0685. The van der Waals surface area contributed by atoms with Crippen LogP contribution < -0.4 is 0 Å². The van der Waals surface area contributed by atoms with E-state index in [1.807, 2.05) is 6.92 Å². The van der Waals surface area contributed by atoms with Gasteiger partial charge in [-0.1, -0.05) is 18.4 Å². The molecule has 1 N–H and O–H groups in total. The standard InChI is InChI=1S/C22H27NO5S/c1-5-21-14-19(28-4)18(24)13-16(21)8-10-22(21,25)11-9-17-20(7-6-12-23-17)29(26,27)15(2)3/h6-7,12-13,15,19,25H,5,8,10,14H2,1-4H3/t19?,21-,22+/m0/s1. The molecule has 6 nitrogen and oxygen atoms in total. The first-order chi connectivity index (χ1) is 13.6. The van der Waals surface area contributed by atoms with Gasteiger partial charge in [-0.15, -0.1) is 0 Å². The third-order valence-corrected chi connectivity index (χ3v) is 8.49. The predicted octanol–water partition coefficient (Wildman–Crippen LogP) is 2.45. The Hall–Kier alpha value is -2.01. The first-order valence-corrected chi connectivity index (χ1v) is 11.4. The molecule has 1 aromatic rings. The molecule has 2 aliphatic rings. The highest BCUT2D eigenvalue weighted by Crippen LogP contribution is 2.57.